The van der Waals surface area contributed by atoms with Crippen molar-refractivity contribution in [2.75, 3.05) is 18.4 Å². The number of carbonyl (C=O) groups excluding carboxylic acids is 3. The van der Waals surface area contributed by atoms with Crippen molar-refractivity contribution in [1.29, 1.82) is 0 Å². The summed E-state index contributed by atoms with van der Waals surface area (Å²) in [4.78, 5) is 35.7. The second-order valence-electron chi connectivity index (χ2n) is 6.25. The molecule has 0 saturated heterocycles. The molecule has 0 radical (unpaired) electrons. The third-order valence-corrected chi connectivity index (χ3v) is 4.00. The van der Waals surface area contributed by atoms with Gasteiger partial charge in [0.1, 0.15) is 5.82 Å². The van der Waals surface area contributed by atoms with E-state index >= 15 is 0 Å². The van der Waals surface area contributed by atoms with Crippen LogP contribution in [0, 0.1) is 5.82 Å². The minimum atomic E-state index is -0.410. The minimum absolute atomic E-state index is 0.0163. The normalized spacial score (nSPS) is 10.2. The molecule has 0 aliphatic carbocycles. The maximum atomic E-state index is 12.9. The molecule has 0 bridgehead atoms. The van der Waals surface area contributed by atoms with Crippen molar-refractivity contribution < 1.29 is 18.8 Å². The topological polar surface area (TPSA) is 87.3 Å². The standard InChI is InChI=1S/C21H24FN3O3/c1-2-3-4-19(26)23-13-14-24-20(27)15-7-11-18(12-8-15)25-21(28)16-5-9-17(22)10-6-16/h5-12H,2-4,13-14H2,1H3,(H,23,26)(H,24,27)(H,25,28). The van der Waals surface area contributed by atoms with Gasteiger partial charge in [-0.3, -0.25) is 14.4 Å². The molecule has 0 fully saturated rings. The fourth-order valence-electron chi connectivity index (χ4n) is 2.42. The lowest BCUT2D eigenvalue weighted by Gasteiger charge is -2.08. The van der Waals surface area contributed by atoms with Gasteiger partial charge in [0.15, 0.2) is 0 Å². The second kappa shape index (κ2) is 10.8. The Labute approximate surface area is 163 Å². The van der Waals surface area contributed by atoms with E-state index in [0.717, 1.165) is 12.8 Å². The monoisotopic (exact) mass is 385 g/mol. The van der Waals surface area contributed by atoms with E-state index in [1.807, 2.05) is 6.92 Å². The molecule has 0 aromatic heterocycles. The van der Waals surface area contributed by atoms with Crippen LogP contribution in [0.2, 0.25) is 0 Å². The maximum Gasteiger partial charge on any atom is 0.255 e. The van der Waals surface area contributed by atoms with E-state index in [1.54, 1.807) is 24.3 Å². The van der Waals surface area contributed by atoms with E-state index in [9.17, 15) is 18.8 Å². The lowest BCUT2D eigenvalue weighted by atomic mass is 10.1. The smallest absolute Gasteiger partial charge is 0.255 e. The van der Waals surface area contributed by atoms with Gasteiger partial charge in [-0.05, 0) is 55.0 Å². The van der Waals surface area contributed by atoms with Crippen molar-refractivity contribution >= 4 is 23.4 Å². The highest BCUT2D eigenvalue weighted by molar-refractivity contribution is 6.04. The van der Waals surface area contributed by atoms with E-state index < -0.39 is 5.82 Å². The predicted molar refractivity (Wildman–Crippen MR) is 106 cm³/mol. The van der Waals surface area contributed by atoms with Gasteiger partial charge in [0.25, 0.3) is 11.8 Å². The molecular formula is C21H24FN3O3. The molecule has 2 rings (SSSR count). The van der Waals surface area contributed by atoms with Crippen molar-refractivity contribution in [2.45, 2.75) is 26.2 Å². The van der Waals surface area contributed by atoms with Crippen LogP contribution in [0.3, 0.4) is 0 Å². The van der Waals surface area contributed by atoms with Gasteiger partial charge in [-0.15, -0.1) is 0 Å². The minimum Gasteiger partial charge on any atom is -0.354 e. The number of unbranched alkanes of at least 4 members (excludes halogenated alkanes) is 1. The zero-order chi connectivity index (χ0) is 20.4. The third-order valence-electron chi connectivity index (χ3n) is 4.00. The largest absolute Gasteiger partial charge is 0.354 e. The van der Waals surface area contributed by atoms with Gasteiger partial charge >= 0.3 is 0 Å². The number of rotatable bonds is 9. The summed E-state index contributed by atoms with van der Waals surface area (Å²) in [6, 6.07) is 11.6. The average molecular weight is 385 g/mol. The average Bonchev–Trinajstić information content (AvgIpc) is 2.70. The summed E-state index contributed by atoms with van der Waals surface area (Å²) in [6.45, 7) is 2.73. The van der Waals surface area contributed by atoms with Crippen LogP contribution in [0.25, 0.3) is 0 Å². The second-order valence-corrected chi connectivity index (χ2v) is 6.25. The zero-order valence-electron chi connectivity index (χ0n) is 15.8. The van der Waals surface area contributed by atoms with Crippen molar-refractivity contribution in [3.63, 3.8) is 0 Å². The van der Waals surface area contributed by atoms with Crippen molar-refractivity contribution in [2.24, 2.45) is 0 Å². The molecule has 0 saturated carbocycles. The van der Waals surface area contributed by atoms with Gasteiger partial charge in [0, 0.05) is 36.3 Å². The molecule has 7 heteroatoms. The lowest BCUT2D eigenvalue weighted by molar-refractivity contribution is -0.121. The molecule has 0 heterocycles. The Bertz CT molecular complexity index is 805. The molecule has 3 amide bonds. The van der Waals surface area contributed by atoms with Crippen LogP contribution in [0.1, 0.15) is 46.9 Å². The zero-order valence-corrected chi connectivity index (χ0v) is 15.8. The highest BCUT2D eigenvalue weighted by Crippen LogP contribution is 2.12. The molecule has 2 aromatic rings. The van der Waals surface area contributed by atoms with Gasteiger partial charge in [-0.2, -0.15) is 0 Å². The Morgan fingerprint density at radius 2 is 1.39 bits per heavy atom. The Kier molecular flexibility index (Phi) is 8.14. The molecule has 0 atom stereocenters. The summed E-state index contributed by atoms with van der Waals surface area (Å²) >= 11 is 0. The number of nitrogens with one attached hydrogen (secondary N) is 3. The predicted octanol–water partition coefficient (Wildman–Crippen LogP) is 3.11. The molecule has 0 unspecified atom stereocenters. The van der Waals surface area contributed by atoms with Crippen LogP contribution in [-0.4, -0.2) is 30.8 Å². The summed E-state index contributed by atoms with van der Waals surface area (Å²) in [5.74, 6) is -1.06. The van der Waals surface area contributed by atoms with E-state index in [4.69, 9.17) is 0 Å². The third kappa shape index (κ3) is 6.83. The first-order valence-corrected chi connectivity index (χ1v) is 9.21. The lowest BCUT2D eigenvalue weighted by Crippen LogP contribution is -2.34. The highest BCUT2D eigenvalue weighted by atomic mass is 19.1. The summed E-state index contributed by atoms with van der Waals surface area (Å²) < 4.78 is 12.9. The molecule has 28 heavy (non-hydrogen) atoms. The molecule has 0 spiro atoms. The van der Waals surface area contributed by atoms with E-state index in [0.29, 0.717) is 36.3 Å². The number of benzene rings is 2. The van der Waals surface area contributed by atoms with Crippen LogP contribution < -0.4 is 16.0 Å². The molecule has 3 N–H and O–H groups in total. The van der Waals surface area contributed by atoms with E-state index in [1.165, 1.54) is 24.3 Å². The number of amides is 3. The molecule has 148 valence electrons. The van der Waals surface area contributed by atoms with Crippen molar-refractivity contribution in [1.82, 2.24) is 10.6 Å². The summed E-state index contributed by atoms with van der Waals surface area (Å²) in [5, 5.41) is 8.16. The number of halogens is 1. The van der Waals surface area contributed by atoms with Crippen LogP contribution in [0.4, 0.5) is 10.1 Å². The quantitative estimate of drug-likeness (QED) is 0.580. The van der Waals surface area contributed by atoms with Crippen molar-refractivity contribution in [3.8, 4) is 0 Å². The molecule has 6 nitrogen and oxygen atoms in total. The Morgan fingerprint density at radius 3 is 2.04 bits per heavy atom. The van der Waals surface area contributed by atoms with Gasteiger partial charge in [-0.1, -0.05) is 13.3 Å². The first-order valence-electron chi connectivity index (χ1n) is 9.21. The number of carbonyl (C=O) groups is 3. The number of anilines is 1. The molecule has 2 aromatic carbocycles. The molecular weight excluding hydrogens is 361 g/mol. The summed E-state index contributed by atoms with van der Waals surface area (Å²) in [7, 11) is 0. The SMILES string of the molecule is CCCCC(=O)NCCNC(=O)c1ccc(NC(=O)c2ccc(F)cc2)cc1. The van der Waals surface area contributed by atoms with Crippen LogP contribution >= 0.6 is 0 Å². The van der Waals surface area contributed by atoms with E-state index in [2.05, 4.69) is 16.0 Å². The van der Waals surface area contributed by atoms with Gasteiger partial charge in [0.05, 0.1) is 0 Å². The Morgan fingerprint density at radius 1 is 0.821 bits per heavy atom. The van der Waals surface area contributed by atoms with Crippen LogP contribution in [-0.2, 0) is 4.79 Å². The first kappa shape index (κ1) is 21.1. The molecule has 0 aliphatic heterocycles. The fourth-order valence-corrected chi connectivity index (χ4v) is 2.42. The highest BCUT2D eigenvalue weighted by Gasteiger charge is 2.08. The molecule has 0 aliphatic rings. The van der Waals surface area contributed by atoms with Gasteiger partial charge in [-0.25, -0.2) is 4.39 Å². The number of hydrogen-bond acceptors (Lipinski definition) is 3. The summed E-state index contributed by atoms with van der Waals surface area (Å²) in [5.41, 5.74) is 1.30. The Hall–Kier alpha value is -3.22. The van der Waals surface area contributed by atoms with Crippen molar-refractivity contribution in [3.05, 3.63) is 65.5 Å². The maximum absolute atomic E-state index is 12.9. The first-order chi connectivity index (χ1) is 13.5. The van der Waals surface area contributed by atoms with Gasteiger partial charge in [0.2, 0.25) is 5.91 Å². The summed E-state index contributed by atoms with van der Waals surface area (Å²) in [6.07, 6.45) is 2.31. The Balaban J connectivity index is 1.78. The fraction of sp³-hybridized carbons (Fsp3) is 0.286. The van der Waals surface area contributed by atoms with Crippen LogP contribution in [0.15, 0.2) is 48.5 Å². The van der Waals surface area contributed by atoms with Crippen LogP contribution in [0.5, 0.6) is 0 Å². The van der Waals surface area contributed by atoms with E-state index in [-0.39, 0.29) is 17.7 Å². The number of hydrogen-bond donors (Lipinski definition) is 3. The van der Waals surface area contributed by atoms with Gasteiger partial charge < -0.3 is 16.0 Å².